The van der Waals surface area contributed by atoms with Crippen molar-refractivity contribution in [2.24, 2.45) is 0 Å². The molecule has 0 bridgehead atoms. The van der Waals surface area contributed by atoms with Crippen LogP contribution in [0.1, 0.15) is 5.69 Å². The summed E-state index contributed by atoms with van der Waals surface area (Å²) in [7, 11) is -3.91. The minimum atomic E-state index is -3.91. The molecule has 0 spiro atoms. The van der Waals surface area contributed by atoms with Crippen LogP contribution in [0.3, 0.4) is 0 Å². The highest BCUT2D eigenvalue weighted by molar-refractivity contribution is 7.92. The van der Waals surface area contributed by atoms with Gasteiger partial charge < -0.3 is 5.11 Å². The lowest BCUT2D eigenvalue weighted by atomic mass is 10.3. The molecular weight excluding hydrogens is 323 g/mol. The maximum atomic E-state index is 12.2. The fourth-order valence-corrected chi connectivity index (χ4v) is 2.86. The minimum absolute atomic E-state index is 0.0744. The van der Waals surface area contributed by atoms with Crippen LogP contribution in [0, 0.1) is 6.92 Å². The standard InChI is InChI=1S/C12H10Cl2N2O3S/c1-7-2-5-11(17)12(15-7)16-20(18,19)8-3-4-9(13)10(14)6-8/h2-6,17H,1H3,(H,15,16). The predicted molar refractivity (Wildman–Crippen MR) is 77.9 cm³/mol. The Labute approximate surface area is 126 Å². The lowest BCUT2D eigenvalue weighted by Gasteiger charge is -2.10. The van der Waals surface area contributed by atoms with Gasteiger partial charge in [0.2, 0.25) is 0 Å². The number of sulfonamides is 1. The molecule has 106 valence electrons. The molecule has 20 heavy (non-hydrogen) atoms. The quantitative estimate of drug-likeness (QED) is 0.904. The molecule has 2 rings (SSSR count). The summed E-state index contributed by atoms with van der Waals surface area (Å²) in [6, 6.07) is 6.83. The number of anilines is 1. The molecule has 0 radical (unpaired) electrons. The topological polar surface area (TPSA) is 79.3 Å². The second kappa shape index (κ2) is 5.47. The molecular formula is C12H10Cl2N2O3S. The summed E-state index contributed by atoms with van der Waals surface area (Å²) in [4.78, 5) is 3.85. The maximum Gasteiger partial charge on any atom is 0.263 e. The van der Waals surface area contributed by atoms with E-state index in [-0.39, 0.29) is 26.5 Å². The van der Waals surface area contributed by atoms with Gasteiger partial charge >= 0.3 is 0 Å². The van der Waals surface area contributed by atoms with Gasteiger partial charge in [-0.25, -0.2) is 13.4 Å². The summed E-state index contributed by atoms with van der Waals surface area (Å²) < 4.78 is 26.5. The van der Waals surface area contributed by atoms with Crippen molar-refractivity contribution in [2.75, 3.05) is 4.72 Å². The van der Waals surface area contributed by atoms with Gasteiger partial charge in [0, 0.05) is 5.69 Å². The van der Waals surface area contributed by atoms with Gasteiger partial charge in [0.1, 0.15) is 0 Å². The Hall–Kier alpha value is -1.50. The van der Waals surface area contributed by atoms with Crippen LogP contribution in [-0.4, -0.2) is 18.5 Å². The molecule has 1 heterocycles. The molecule has 0 atom stereocenters. The van der Waals surface area contributed by atoms with E-state index in [1.165, 1.54) is 24.3 Å². The number of rotatable bonds is 3. The van der Waals surface area contributed by atoms with E-state index >= 15 is 0 Å². The normalized spacial score (nSPS) is 11.3. The highest BCUT2D eigenvalue weighted by Crippen LogP contribution is 2.27. The zero-order valence-electron chi connectivity index (χ0n) is 10.3. The van der Waals surface area contributed by atoms with Crippen molar-refractivity contribution in [3.63, 3.8) is 0 Å². The van der Waals surface area contributed by atoms with Gasteiger partial charge in [0.25, 0.3) is 10.0 Å². The molecule has 0 aliphatic carbocycles. The van der Waals surface area contributed by atoms with Gasteiger partial charge in [-0.15, -0.1) is 0 Å². The molecule has 1 aromatic carbocycles. The van der Waals surface area contributed by atoms with Crippen LogP contribution in [-0.2, 0) is 10.0 Å². The summed E-state index contributed by atoms with van der Waals surface area (Å²) in [5.41, 5.74) is 0.564. The Morgan fingerprint density at radius 1 is 1.15 bits per heavy atom. The third-order valence-electron chi connectivity index (χ3n) is 2.45. The zero-order valence-corrected chi connectivity index (χ0v) is 12.6. The van der Waals surface area contributed by atoms with E-state index in [9.17, 15) is 13.5 Å². The molecule has 2 aromatic rings. The Kier molecular flexibility index (Phi) is 4.08. The van der Waals surface area contributed by atoms with Crippen molar-refractivity contribution in [1.29, 1.82) is 0 Å². The van der Waals surface area contributed by atoms with Gasteiger partial charge in [-0.3, -0.25) is 4.72 Å². The van der Waals surface area contributed by atoms with Gasteiger partial charge in [0.15, 0.2) is 11.6 Å². The van der Waals surface area contributed by atoms with Crippen molar-refractivity contribution in [1.82, 2.24) is 4.98 Å². The first-order valence-electron chi connectivity index (χ1n) is 5.44. The molecule has 0 aliphatic rings. The number of halogens is 2. The molecule has 0 amide bonds. The van der Waals surface area contributed by atoms with Crippen LogP contribution in [0.15, 0.2) is 35.2 Å². The van der Waals surface area contributed by atoms with Crippen LogP contribution in [0.25, 0.3) is 0 Å². The fourth-order valence-electron chi connectivity index (χ4n) is 1.45. The molecule has 0 fully saturated rings. The third kappa shape index (κ3) is 3.15. The van der Waals surface area contributed by atoms with Crippen molar-refractivity contribution < 1.29 is 13.5 Å². The lowest BCUT2D eigenvalue weighted by Crippen LogP contribution is -2.14. The highest BCUT2D eigenvalue weighted by atomic mass is 35.5. The van der Waals surface area contributed by atoms with Crippen LogP contribution in [0.5, 0.6) is 5.75 Å². The Morgan fingerprint density at radius 3 is 2.50 bits per heavy atom. The second-order valence-electron chi connectivity index (χ2n) is 4.00. The summed E-state index contributed by atoms with van der Waals surface area (Å²) in [5.74, 6) is -0.407. The SMILES string of the molecule is Cc1ccc(O)c(NS(=O)(=O)c2ccc(Cl)c(Cl)c2)n1. The number of nitrogens with one attached hydrogen (secondary N) is 1. The maximum absolute atomic E-state index is 12.2. The van der Waals surface area contributed by atoms with Gasteiger partial charge in [-0.1, -0.05) is 23.2 Å². The van der Waals surface area contributed by atoms with Crippen LogP contribution in [0.4, 0.5) is 5.82 Å². The minimum Gasteiger partial charge on any atom is -0.504 e. The van der Waals surface area contributed by atoms with E-state index in [1.807, 2.05) is 0 Å². The number of aromatic hydroxyl groups is 1. The molecule has 0 aliphatic heterocycles. The van der Waals surface area contributed by atoms with E-state index in [2.05, 4.69) is 9.71 Å². The first kappa shape index (κ1) is 14.9. The van der Waals surface area contributed by atoms with Crippen molar-refractivity contribution in [2.45, 2.75) is 11.8 Å². The lowest BCUT2D eigenvalue weighted by molar-refractivity contribution is 0.475. The largest absolute Gasteiger partial charge is 0.504 e. The Morgan fingerprint density at radius 2 is 1.85 bits per heavy atom. The smallest absolute Gasteiger partial charge is 0.263 e. The van der Waals surface area contributed by atoms with E-state index in [1.54, 1.807) is 13.0 Å². The first-order valence-corrected chi connectivity index (χ1v) is 7.68. The van der Waals surface area contributed by atoms with E-state index < -0.39 is 10.0 Å². The summed E-state index contributed by atoms with van der Waals surface area (Å²) >= 11 is 11.5. The van der Waals surface area contributed by atoms with Crippen molar-refractivity contribution in [3.05, 3.63) is 46.1 Å². The number of nitrogens with zero attached hydrogens (tertiary/aromatic N) is 1. The van der Waals surface area contributed by atoms with Crippen molar-refractivity contribution in [3.8, 4) is 5.75 Å². The number of benzene rings is 1. The van der Waals surface area contributed by atoms with E-state index in [0.29, 0.717) is 5.69 Å². The summed E-state index contributed by atoms with van der Waals surface area (Å²) in [6.45, 7) is 1.68. The average molecular weight is 333 g/mol. The number of hydrogen-bond acceptors (Lipinski definition) is 4. The average Bonchev–Trinajstić information content (AvgIpc) is 2.36. The van der Waals surface area contributed by atoms with Crippen LogP contribution in [0.2, 0.25) is 10.0 Å². The Balaban J connectivity index is 2.40. The molecule has 8 heteroatoms. The molecule has 0 saturated carbocycles. The third-order valence-corrected chi connectivity index (χ3v) is 4.52. The molecule has 0 saturated heterocycles. The van der Waals surface area contributed by atoms with Gasteiger partial charge in [-0.05, 0) is 37.3 Å². The molecule has 2 N–H and O–H groups in total. The summed E-state index contributed by atoms with van der Waals surface area (Å²) in [6.07, 6.45) is 0. The van der Waals surface area contributed by atoms with Gasteiger partial charge in [-0.2, -0.15) is 0 Å². The van der Waals surface area contributed by atoms with Crippen LogP contribution < -0.4 is 4.72 Å². The number of aromatic nitrogens is 1. The fraction of sp³-hybridized carbons (Fsp3) is 0.0833. The molecule has 0 unspecified atom stereocenters. The Bertz CT molecular complexity index is 763. The van der Waals surface area contributed by atoms with Crippen molar-refractivity contribution >= 4 is 39.0 Å². The second-order valence-corrected chi connectivity index (χ2v) is 6.50. The number of pyridine rings is 1. The van der Waals surface area contributed by atoms with Gasteiger partial charge in [0.05, 0.1) is 14.9 Å². The number of aryl methyl sites for hydroxylation is 1. The van der Waals surface area contributed by atoms with E-state index in [0.717, 1.165) is 0 Å². The highest BCUT2D eigenvalue weighted by Gasteiger charge is 2.18. The monoisotopic (exact) mass is 332 g/mol. The van der Waals surface area contributed by atoms with Crippen LogP contribution >= 0.6 is 23.2 Å². The molecule has 5 nitrogen and oxygen atoms in total. The number of hydrogen-bond donors (Lipinski definition) is 2. The predicted octanol–water partition coefficient (Wildman–Crippen LogP) is 3.20. The first-order chi connectivity index (χ1) is 9.29. The van der Waals surface area contributed by atoms with E-state index in [4.69, 9.17) is 23.2 Å². The molecule has 1 aromatic heterocycles. The summed E-state index contributed by atoms with van der Waals surface area (Å²) in [5, 5.41) is 9.98. The zero-order chi connectivity index (χ0) is 14.9.